The van der Waals surface area contributed by atoms with Gasteiger partial charge in [0, 0.05) is 37.9 Å². The molecule has 1 aromatic heterocycles. The van der Waals surface area contributed by atoms with Crippen LogP contribution in [0.15, 0.2) is 36.7 Å². The third kappa shape index (κ3) is 2.95. The zero-order chi connectivity index (χ0) is 17.5. The SMILES string of the molecule is O=C([C@@H]1CCc2ccccc21)N1CCC(c2nccn2CC2CC2)CC1. The highest BCUT2D eigenvalue weighted by Crippen LogP contribution is 2.37. The lowest BCUT2D eigenvalue weighted by Crippen LogP contribution is -2.40. The van der Waals surface area contributed by atoms with Crippen LogP contribution in [0.3, 0.4) is 0 Å². The van der Waals surface area contributed by atoms with Gasteiger partial charge < -0.3 is 9.47 Å². The highest BCUT2D eigenvalue weighted by atomic mass is 16.2. The maximum Gasteiger partial charge on any atom is 0.230 e. The number of benzene rings is 1. The van der Waals surface area contributed by atoms with Crippen LogP contribution in [0.4, 0.5) is 0 Å². The van der Waals surface area contributed by atoms with E-state index in [9.17, 15) is 4.79 Å². The third-order valence-electron chi connectivity index (χ3n) is 6.50. The lowest BCUT2D eigenvalue weighted by atomic mass is 9.93. The van der Waals surface area contributed by atoms with Crippen LogP contribution in [0.1, 0.15) is 60.9 Å². The number of aromatic nitrogens is 2. The molecule has 0 spiro atoms. The molecule has 4 heteroatoms. The number of hydrogen-bond donors (Lipinski definition) is 0. The summed E-state index contributed by atoms with van der Waals surface area (Å²) in [4.78, 5) is 19.8. The van der Waals surface area contributed by atoms with Crippen molar-refractivity contribution >= 4 is 5.91 Å². The number of imidazole rings is 1. The molecule has 2 fully saturated rings. The molecule has 2 aromatic rings. The fraction of sp³-hybridized carbons (Fsp3) is 0.545. The number of piperidine rings is 1. The molecular weight excluding hydrogens is 322 g/mol. The van der Waals surface area contributed by atoms with E-state index in [1.807, 2.05) is 6.20 Å². The Labute approximate surface area is 155 Å². The van der Waals surface area contributed by atoms with Crippen molar-refractivity contribution in [2.45, 2.75) is 56.9 Å². The number of fused-ring (bicyclic) bond motifs is 1. The first-order valence-electron chi connectivity index (χ1n) is 10.2. The Balaban J connectivity index is 1.23. The van der Waals surface area contributed by atoms with Crippen LogP contribution in [0, 0.1) is 5.92 Å². The second kappa shape index (κ2) is 6.57. The number of rotatable bonds is 4. The Bertz CT molecular complexity index is 799. The summed E-state index contributed by atoms with van der Waals surface area (Å²) >= 11 is 0. The molecule has 2 aliphatic carbocycles. The van der Waals surface area contributed by atoms with Gasteiger partial charge in [-0.05, 0) is 55.6 Å². The maximum atomic E-state index is 13.1. The molecule has 1 saturated heterocycles. The first-order chi connectivity index (χ1) is 12.8. The van der Waals surface area contributed by atoms with Gasteiger partial charge in [-0.2, -0.15) is 0 Å². The average Bonchev–Trinajstić information content (AvgIpc) is 3.20. The standard InChI is InChI=1S/C22H27N3O/c26-22(20-8-7-17-3-1-2-4-19(17)20)24-12-9-18(10-13-24)21-23-11-14-25(21)15-16-5-6-16/h1-4,11,14,16,18,20H,5-10,12-13,15H2/t20-/m1/s1. The zero-order valence-electron chi connectivity index (χ0n) is 15.3. The Hall–Kier alpha value is -2.10. The van der Waals surface area contributed by atoms with Crippen molar-refractivity contribution in [2.75, 3.05) is 13.1 Å². The number of amides is 1. The number of hydrogen-bond acceptors (Lipinski definition) is 2. The van der Waals surface area contributed by atoms with Gasteiger partial charge >= 0.3 is 0 Å². The molecule has 3 aliphatic rings. The minimum Gasteiger partial charge on any atom is -0.342 e. The lowest BCUT2D eigenvalue weighted by Gasteiger charge is -2.33. The molecule has 2 heterocycles. The van der Waals surface area contributed by atoms with E-state index in [1.165, 1.54) is 29.8 Å². The Morgan fingerprint density at radius 1 is 1.08 bits per heavy atom. The van der Waals surface area contributed by atoms with E-state index >= 15 is 0 Å². The highest BCUT2D eigenvalue weighted by Gasteiger charge is 2.34. The number of likely N-dealkylation sites (tertiary alicyclic amines) is 1. The molecule has 4 nitrogen and oxygen atoms in total. The maximum absolute atomic E-state index is 13.1. The third-order valence-corrected chi connectivity index (χ3v) is 6.50. The summed E-state index contributed by atoms with van der Waals surface area (Å²) in [5, 5.41) is 0. The van der Waals surface area contributed by atoms with Crippen molar-refractivity contribution in [1.29, 1.82) is 0 Å². The summed E-state index contributed by atoms with van der Waals surface area (Å²) in [5.41, 5.74) is 2.63. The molecule has 1 aliphatic heterocycles. The second-order valence-electron chi connectivity index (χ2n) is 8.27. The number of carbonyl (C=O) groups excluding carboxylic acids is 1. The predicted molar refractivity (Wildman–Crippen MR) is 101 cm³/mol. The van der Waals surface area contributed by atoms with Gasteiger partial charge in [0.25, 0.3) is 0 Å². The second-order valence-corrected chi connectivity index (χ2v) is 8.27. The van der Waals surface area contributed by atoms with Crippen molar-refractivity contribution in [3.8, 4) is 0 Å². The average molecular weight is 349 g/mol. The minimum absolute atomic E-state index is 0.0830. The van der Waals surface area contributed by atoms with Crippen molar-refractivity contribution < 1.29 is 4.79 Å². The molecule has 0 N–H and O–H groups in total. The molecule has 0 bridgehead atoms. The van der Waals surface area contributed by atoms with Gasteiger partial charge in [-0.1, -0.05) is 24.3 Å². The van der Waals surface area contributed by atoms with Crippen molar-refractivity contribution in [3.05, 3.63) is 53.6 Å². The van der Waals surface area contributed by atoms with Gasteiger partial charge in [0.1, 0.15) is 5.82 Å². The Kier molecular flexibility index (Phi) is 4.07. The van der Waals surface area contributed by atoms with Gasteiger partial charge in [-0.25, -0.2) is 4.98 Å². The van der Waals surface area contributed by atoms with E-state index in [0.29, 0.717) is 11.8 Å². The smallest absolute Gasteiger partial charge is 0.230 e. The molecule has 0 radical (unpaired) electrons. The van der Waals surface area contributed by atoms with E-state index < -0.39 is 0 Å². The Morgan fingerprint density at radius 2 is 1.88 bits per heavy atom. The number of aryl methyl sites for hydroxylation is 1. The van der Waals surface area contributed by atoms with E-state index in [1.54, 1.807) is 0 Å². The fourth-order valence-electron chi connectivity index (χ4n) is 4.81. The topological polar surface area (TPSA) is 38.1 Å². The fourth-order valence-corrected chi connectivity index (χ4v) is 4.81. The van der Waals surface area contributed by atoms with Crippen LogP contribution in [0.2, 0.25) is 0 Å². The minimum atomic E-state index is 0.0830. The Morgan fingerprint density at radius 3 is 2.69 bits per heavy atom. The summed E-state index contributed by atoms with van der Waals surface area (Å²) in [6.07, 6.45) is 10.9. The van der Waals surface area contributed by atoms with Gasteiger partial charge in [-0.3, -0.25) is 4.79 Å². The van der Waals surface area contributed by atoms with Crippen LogP contribution in [-0.4, -0.2) is 33.4 Å². The van der Waals surface area contributed by atoms with Gasteiger partial charge in [0.2, 0.25) is 5.91 Å². The molecular formula is C22H27N3O. The molecule has 1 aromatic carbocycles. The molecule has 1 atom stereocenters. The summed E-state index contributed by atoms with van der Waals surface area (Å²) in [5.74, 6) is 3.04. The largest absolute Gasteiger partial charge is 0.342 e. The molecule has 1 saturated carbocycles. The van der Waals surface area contributed by atoms with Crippen molar-refractivity contribution in [3.63, 3.8) is 0 Å². The van der Waals surface area contributed by atoms with Crippen LogP contribution in [0.25, 0.3) is 0 Å². The summed E-state index contributed by atoms with van der Waals surface area (Å²) in [6.45, 7) is 2.88. The van der Waals surface area contributed by atoms with Crippen LogP contribution >= 0.6 is 0 Å². The predicted octanol–water partition coefficient (Wildman–Crippen LogP) is 3.73. The van der Waals surface area contributed by atoms with Gasteiger partial charge in [-0.15, -0.1) is 0 Å². The summed E-state index contributed by atoms with van der Waals surface area (Å²) in [6, 6.07) is 8.47. The lowest BCUT2D eigenvalue weighted by molar-refractivity contribution is -0.133. The van der Waals surface area contributed by atoms with Crippen LogP contribution in [-0.2, 0) is 17.8 Å². The molecule has 136 valence electrons. The van der Waals surface area contributed by atoms with Gasteiger partial charge in [0.05, 0.1) is 5.92 Å². The van der Waals surface area contributed by atoms with E-state index in [-0.39, 0.29) is 5.92 Å². The molecule has 0 unspecified atom stereocenters. The molecule has 5 rings (SSSR count). The van der Waals surface area contributed by atoms with Crippen LogP contribution in [0.5, 0.6) is 0 Å². The normalized spacial score (nSPS) is 23.2. The molecule has 26 heavy (non-hydrogen) atoms. The molecule has 1 amide bonds. The first kappa shape index (κ1) is 16.1. The number of carbonyl (C=O) groups is 1. The van der Waals surface area contributed by atoms with Crippen molar-refractivity contribution in [2.24, 2.45) is 5.92 Å². The van der Waals surface area contributed by atoms with E-state index in [2.05, 4.69) is 44.9 Å². The van der Waals surface area contributed by atoms with E-state index in [0.717, 1.165) is 51.2 Å². The summed E-state index contributed by atoms with van der Waals surface area (Å²) < 4.78 is 2.37. The highest BCUT2D eigenvalue weighted by molar-refractivity contribution is 5.85. The zero-order valence-corrected chi connectivity index (χ0v) is 15.3. The monoisotopic (exact) mass is 349 g/mol. The van der Waals surface area contributed by atoms with Crippen molar-refractivity contribution in [1.82, 2.24) is 14.5 Å². The number of nitrogens with zero attached hydrogens (tertiary/aromatic N) is 3. The van der Waals surface area contributed by atoms with Gasteiger partial charge in [0.15, 0.2) is 0 Å². The van der Waals surface area contributed by atoms with Crippen LogP contribution < -0.4 is 0 Å². The summed E-state index contributed by atoms with van der Waals surface area (Å²) in [7, 11) is 0. The quantitative estimate of drug-likeness (QED) is 0.843. The van der Waals surface area contributed by atoms with E-state index in [4.69, 9.17) is 0 Å². The first-order valence-corrected chi connectivity index (χ1v) is 10.2.